The van der Waals surface area contributed by atoms with Gasteiger partial charge in [0.2, 0.25) is 0 Å². The van der Waals surface area contributed by atoms with Crippen molar-refractivity contribution in [3.8, 4) is 0 Å². The highest BCUT2D eigenvalue weighted by Crippen LogP contribution is 2.20. The molecule has 0 amide bonds. The van der Waals surface area contributed by atoms with Gasteiger partial charge in [-0.3, -0.25) is 0 Å². The normalized spacial score (nSPS) is 28.2. The fraction of sp³-hybridized carbons (Fsp3) is 1.00. The molecule has 1 saturated carbocycles. The standard InChI is InChI=1S/C11H21NO3S/c1-9(7-12-10-4-5-10)16(13,14)8-11-3-2-6-15-11/h9-12H,2-8H2,1H3. The first-order valence-electron chi connectivity index (χ1n) is 6.14. The molecule has 2 atom stereocenters. The van der Waals surface area contributed by atoms with Gasteiger partial charge in [0.15, 0.2) is 9.84 Å². The van der Waals surface area contributed by atoms with Crippen molar-refractivity contribution in [3.63, 3.8) is 0 Å². The maximum absolute atomic E-state index is 12.0. The number of rotatable bonds is 6. The van der Waals surface area contributed by atoms with Crippen molar-refractivity contribution in [2.24, 2.45) is 0 Å². The molecule has 94 valence electrons. The van der Waals surface area contributed by atoms with Gasteiger partial charge in [-0.2, -0.15) is 0 Å². The molecule has 16 heavy (non-hydrogen) atoms. The van der Waals surface area contributed by atoms with Gasteiger partial charge in [-0.25, -0.2) is 8.42 Å². The molecule has 4 nitrogen and oxygen atoms in total. The van der Waals surface area contributed by atoms with Crippen LogP contribution in [0, 0.1) is 0 Å². The van der Waals surface area contributed by atoms with E-state index in [9.17, 15) is 8.42 Å². The van der Waals surface area contributed by atoms with Gasteiger partial charge in [-0.15, -0.1) is 0 Å². The predicted octanol–water partition coefficient (Wildman–Crippen LogP) is 0.721. The molecule has 1 N–H and O–H groups in total. The minimum Gasteiger partial charge on any atom is -0.377 e. The summed E-state index contributed by atoms with van der Waals surface area (Å²) in [5.74, 6) is 0.195. The van der Waals surface area contributed by atoms with Crippen molar-refractivity contribution >= 4 is 9.84 Å². The summed E-state index contributed by atoms with van der Waals surface area (Å²) in [5.41, 5.74) is 0. The van der Waals surface area contributed by atoms with Crippen LogP contribution in [0.1, 0.15) is 32.6 Å². The van der Waals surface area contributed by atoms with Crippen LogP contribution < -0.4 is 5.32 Å². The molecule has 0 spiro atoms. The minimum atomic E-state index is -3.00. The zero-order chi connectivity index (χ0) is 11.6. The Labute approximate surface area is 97.7 Å². The molecule has 1 saturated heterocycles. The van der Waals surface area contributed by atoms with Crippen molar-refractivity contribution in [1.29, 1.82) is 0 Å². The molecule has 1 heterocycles. The smallest absolute Gasteiger partial charge is 0.156 e. The van der Waals surface area contributed by atoms with Gasteiger partial charge < -0.3 is 10.1 Å². The van der Waals surface area contributed by atoms with Gasteiger partial charge in [-0.05, 0) is 32.6 Å². The van der Waals surface area contributed by atoms with Gasteiger partial charge in [0.25, 0.3) is 0 Å². The SMILES string of the molecule is CC(CNC1CC1)S(=O)(=O)CC1CCCO1. The third-order valence-corrected chi connectivity index (χ3v) is 5.56. The lowest BCUT2D eigenvalue weighted by atomic mass is 10.3. The van der Waals surface area contributed by atoms with Crippen LogP contribution in [-0.4, -0.2) is 44.7 Å². The Bertz CT molecular complexity index is 318. The summed E-state index contributed by atoms with van der Waals surface area (Å²) in [6, 6.07) is 0.570. The molecule has 1 aliphatic carbocycles. The molecule has 2 fully saturated rings. The molecule has 1 aliphatic heterocycles. The van der Waals surface area contributed by atoms with Crippen LogP contribution in [0.25, 0.3) is 0 Å². The fourth-order valence-electron chi connectivity index (χ4n) is 1.95. The van der Waals surface area contributed by atoms with Gasteiger partial charge >= 0.3 is 0 Å². The van der Waals surface area contributed by atoms with Crippen molar-refractivity contribution in [2.75, 3.05) is 18.9 Å². The number of nitrogens with one attached hydrogen (secondary N) is 1. The topological polar surface area (TPSA) is 55.4 Å². The monoisotopic (exact) mass is 247 g/mol. The van der Waals surface area contributed by atoms with E-state index < -0.39 is 9.84 Å². The van der Waals surface area contributed by atoms with E-state index in [1.807, 2.05) is 0 Å². The van der Waals surface area contributed by atoms with Crippen molar-refractivity contribution in [3.05, 3.63) is 0 Å². The van der Waals surface area contributed by atoms with Gasteiger partial charge in [0, 0.05) is 19.2 Å². The highest BCUT2D eigenvalue weighted by Gasteiger charge is 2.29. The highest BCUT2D eigenvalue weighted by atomic mass is 32.2. The summed E-state index contributed by atoms with van der Waals surface area (Å²) in [6.45, 7) is 3.09. The van der Waals surface area contributed by atoms with E-state index in [4.69, 9.17) is 4.74 Å². The molecule has 0 aromatic rings. The van der Waals surface area contributed by atoms with Gasteiger partial charge in [0.05, 0.1) is 17.1 Å². The summed E-state index contributed by atoms with van der Waals surface area (Å²) in [4.78, 5) is 0. The van der Waals surface area contributed by atoms with Crippen LogP contribution in [0.3, 0.4) is 0 Å². The van der Waals surface area contributed by atoms with Crippen LogP contribution in [0.2, 0.25) is 0 Å². The molecular weight excluding hydrogens is 226 g/mol. The maximum Gasteiger partial charge on any atom is 0.156 e. The third kappa shape index (κ3) is 3.43. The Morgan fingerprint density at radius 2 is 2.12 bits per heavy atom. The Balaban J connectivity index is 1.78. The van der Waals surface area contributed by atoms with Crippen LogP contribution in [0.4, 0.5) is 0 Å². The Kier molecular flexibility index (Phi) is 3.87. The van der Waals surface area contributed by atoms with Crippen LogP contribution >= 0.6 is 0 Å². The Hall–Kier alpha value is -0.130. The number of sulfone groups is 1. The molecule has 5 heteroatoms. The number of hydrogen-bond donors (Lipinski definition) is 1. The predicted molar refractivity (Wildman–Crippen MR) is 63.2 cm³/mol. The van der Waals surface area contributed by atoms with E-state index >= 15 is 0 Å². The lowest BCUT2D eigenvalue weighted by molar-refractivity contribution is 0.127. The molecule has 0 aromatic carbocycles. The first kappa shape index (κ1) is 12.3. The van der Waals surface area contributed by atoms with E-state index in [2.05, 4.69) is 5.32 Å². The van der Waals surface area contributed by atoms with Crippen LogP contribution in [-0.2, 0) is 14.6 Å². The second kappa shape index (κ2) is 5.02. The summed E-state index contributed by atoms with van der Waals surface area (Å²) in [7, 11) is -3.00. The van der Waals surface area contributed by atoms with Gasteiger partial charge in [-0.1, -0.05) is 0 Å². The van der Waals surface area contributed by atoms with E-state index in [1.54, 1.807) is 6.92 Å². The quantitative estimate of drug-likeness (QED) is 0.751. The second-order valence-corrected chi connectivity index (χ2v) is 7.42. The summed E-state index contributed by atoms with van der Waals surface area (Å²) >= 11 is 0. The Morgan fingerprint density at radius 3 is 2.69 bits per heavy atom. The first-order valence-corrected chi connectivity index (χ1v) is 7.86. The first-order chi connectivity index (χ1) is 7.58. The zero-order valence-corrected chi connectivity index (χ0v) is 10.6. The van der Waals surface area contributed by atoms with E-state index in [1.165, 1.54) is 12.8 Å². The average Bonchev–Trinajstić information content (AvgIpc) is 2.93. The second-order valence-electron chi connectivity index (χ2n) is 4.96. The average molecular weight is 247 g/mol. The molecule has 0 radical (unpaired) electrons. The number of ether oxygens (including phenoxy) is 1. The van der Waals surface area contributed by atoms with E-state index in [0.29, 0.717) is 12.6 Å². The lowest BCUT2D eigenvalue weighted by Gasteiger charge is -2.16. The molecular formula is C11H21NO3S. The molecule has 2 rings (SSSR count). The maximum atomic E-state index is 12.0. The van der Waals surface area contributed by atoms with Crippen LogP contribution in [0.15, 0.2) is 0 Å². The molecule has 2 unspecified atom stereocenters. The van der Waals surface area contributed by atoms with Crippen molar-refractivity contribution < 1.29 is 13.2 Å². The summed E-state index contributed by atoms with van der Waals surface area (Å²) in [5, 5.41) is 2.97. The lowest BCUT2D eigenvalue weighted by Crippen LogP contribution is -2.36. The molecule has 0 bridgehead atoms. The third-order valence-electron chi connectivity index (χ3n) is 3.33. The highest BCUT2D eigenvalue weighted by molar-refractivity contribution is 7.92. The van der Waals surface area contributed by atoms with Crippen molar-refractivity contribution in [1.82, 2.24) is 5.32 Å². The van der Waals surface area contributed by atoms with E-state index in [0.717, 1.165) is 19.4 Å². The van der Waals surface area contributed by atoms with Crippen molar-refractivity contribution in [2.45, 2.75) is 50.0 Å². The fourth-order valence-corrected chi connectivity index (χ4v) is 3.41. The number of hydrogen-bond acceptors (Lipinski definition) is 4. The molecule has 2 aliphatic rings. The minimum absolute atomic E-state index is 0.0617. The Morgan fingerprint density at radius 1 is 1.38 bits per heavy atom. The summed E-state index contributed by atoms with van der Waals surface area (Å²) in [6.07, 6.45) is 4.21. The van der Waals surface area contributed by atoms with E-state index in [-0.39, 0.29) is 17.1 Å². The zero-order valence-electron chi connectivity index (χ0n) is 9.81. The summed E-state index contributed by atoms with van der Waals surface area (Å²) < 4.78 is 29.4. The van der Waals surface area contributed by atoms with Crippen LogP contribution in [0.5, 0.6) is 0 Å². The molecule has 0 aromatic heterocycles. The largest absolute Gasteiger partial charge is 0.377 e. The van der Waals surface area contributed by atoms with Gasteiger partial charge in [0.1, 0.15) is 0 Å².